The van der Waals surface area contributed by atoms with Crippen molar-refractivity contribution < 1.29 is 14.6 Å². The Labute approximate surface area is 103 Å². The minimum absolute atomic E-state index is 0.259. The topological polar surface area (TPSA) is 93.5 Å². The molecule has 1 aromatic rings. The van der Waals surface area contributed by atoms with Crippen molar-refractivity contribution in [3.05, 3.63) is 32.6 Å². The molecule has 3 atom stereocenters. The first-order chi connectivity index (χ1) is 8.52. The van der Waals surface area contributed by atoms with Crippen LogP contribution < -0.4 is 11.2 Å². The Balaban J connectivity index is 2.26. The number of aliphatic hydroxyl groups is 1. The van der Waals surface area contributed by atoms with Crippen molar-refractivity contribution in [2.45, 2.75) is 31.8 Å². The van der Waals surface area contributed by atoms with E-state index in [1.54, 1.807) is 6.92 Å². The zero-order valence-corrected chi connectivity index (χ0v) is 10.3. The SMILES string of the molecule is COC[C@H]1O[C@@H](n2cc(C)c(=O)[nH]c2=O)CC1O. The molecule has 2 heterocycles. The molecule has 7 nitrogen and oxygen atoms in total. The van der Waals surface area contributed by atoms with Gasteiger partial charge in [-0.15, -0.1) is 0 Å². The molecule has 1 fully saturated rings. The van der Waals surface area contributed by atoms with E-state index in [0.29, 0.717) is 12.0 Å². The van der Waals surface area contributed by atoms with Crippen molar-refractivity contribution >= 4 is 0 Å². The average Bonchev–Trinajstić information content (AvgIpc) is 2.66. The molecule has 1 aliphatic heterocycles. The molecule has 18 heavy (non-hydrogen) atoms. The highest BCUT2D eigenvalue weighted by molar-refractivity contribution is 5.02. The molecule has 0 radical (unpaired) electrons. The van der Waals surface area contributed by atoms with E-state index in [-0.39, 0.29) is 6.61 Å². The molecule has 1 saturated heterocycles. The van der Waals surface area contributed by atoms with E-state index in [0.717, 1.165) is 0 Å². The van der Waals surface area contributed by atoms with Gasteiger partial charge in [0.05, 0.1) is 12.7 Å². The summed E-state index contributed by atoms with van der Waals surface area (Å²) in [6.45, 7) is 1.86. The number of methoxy groups -OCH3 is 1. The standard InChI is InChI=1S/C11H16N2O5/c1-6-4-13(11(16)12-10(6)15)9-3-7(14)8(18-9)5-17-2/h4,7-9,14H,3,5H2,1-2H3,(H,12,15,16)/t7?,8-,9-/m1/s1. The monoisotopic (exact) mass is 256 g/mol. The second-order valence-electron chi connectivity index (χ2n) is 4.37. The lowest BCUT2D eigenvalue weighted by molar-refractivity contribution is -0.0547. The number of ether oxygens (including phenoxy) is 2. The van der Waals surface area contributed by atoms with Gasteiger partial charge in [0, 0.05) is 25.3 Å². The number of hydrogen-bond donors (Lipinski definition) is 2. The number of rotatable bonds is 3. The molecule has 0 amide bonds. The molecule has 0 bridgehead atoms. The maximum absolute atomic E-state index is 11.7. The fraction of sp³-hybridized carbons (Fsp3) is 0.636. The molecule has 0 aliphatic carbocycles. The van der Waals surface area contributed by atoms with Gasteiger partial charge in [0.1, 0.15) is 12.3 Å². The molecule has 2 rings (SSSR count). The third kappa shape index (κ3) is 2.38. The number of nitrogens with one attached hydrogen (secondary N) is 1. The molecule has 1 aromatic heterocycles. The number of nitrogens with zero attached hydrogens (tertiary/aromatic N) is 1. The van der Waals surface area contributed by atoms with Gasteiger partial charge in [0.15, 0.2) is 0 Å². The quantitative estimate of drug-likeness (QED) is 0.734. The summed E-state index contributed by atoms with van der Waals surface area (Å²) in [6, 6.07) is 0. The normalized spacial score (nSPS) is 27.6. The van der Waals surface area contributed by atoms with E-state index in [1.807, 2.05) is 0 Å². The fourth-order valence-electron chi connectivity index (χ4n) is 2.00. The molecule has 1 unspecified atom stereocenters. The molecule has 7 heteroatoms. The Kier molecular flexibility index (Phi) is 3.65. The summed E-state index contributed by atoms with van der Waals surface area (Å²) in [4.78, 5) is 25.1. The van der Waals surface area contributed by atoms with Crippen molar-refractivity contribution in [3.63, 3.8) is 0 Å². The zero-order chi connectivity index (χ0) is 13.3. The van der Waals surface area contributed by atoms with Crippen molar-refractivity contribution in [1.82, 2.24) is 9.55 Å². The Morgan fingerprint density at radius 1 is 1.61 bits per heavy atom. The number of aryl methyl sites for hydroxylation is 1. The molecular formula is C11H16N2O5. The van der Waals surface area contributed by atoms with Gasteiger partial charge in [-0.1, -0.05) is 0 Å². The Hall–Kier alpha value is -1.44. The zero-order valence-electron chi connectivity index (χ0n) is 10.3. The summed E-state index contributed by atoms with van der Waals surface area (Å²) in [5.41, 5.74) is -0.535. The summed E-state index contributed by atoms with van der Waals surface area (Å²) in [7, 11) is 1.51. The fourth-order valence-corrected chi connectivity index (χ4v) is 2.00. The summed E-state index contributed by atoms with van der Waals surface area (Å²) in [5.74, 6) is 0. The second-order valence-corrected chi connectivity index (χ2v) is 4.37. The van der Waals surface area contributed by atoms with Gasteiger partial charge < -0.3 is 14.6 Å². The Morgan fingerprint density at radius 2 is 2.33 bits per heavy atom. The van der Waals surface area contributed by atoms with E-state index in [9.17, 15) is 14.7 Å². The summed E-state index contributed by atoms with van der Waals surface area (Å²) < 4.78 is 11.8. The summed E-state index contributed by atoms with van der Waals surface area (Å²) >= 11 is 0. The third-order valence-electron chi connectivity index (χ3n) is 2.99. The van der Waals surface area contributed by atoms with Crippen LogP contribution >= 0.6 is 0 Å². The third-order valence-corrected chi connectivity index (χ3v) is 2.99. The van der Waals surface area contributed by atoms with Crippen LogP contribution in [0.15, 0.2) is 15.8 Å². The van der Waals surface area contributed by atoms with Gasteiger partial charge in [-0.2, -0.15) is 0 Å². The van der Waals surface area contributed by atoms with Gasteiger partial charge in [-0.3, -0.25) is 14.3 Å². The van der Waals surface area contributed by atoms with Crippen LogP contribution in [0.25, 0.3) is 0 Å². The Morgan fingerprint density at radius 3 is 3.00 bits per heavy atom. The van der Waals surface area contributed by atoms with E-state index < -0.39 is 29.7 Å². The predicted molar refractivity (Wildman–Crippen MR) is 62.5 cm³/mol. The molecule has 0 spiro atoms. The predicted octanol–water partition coefficient (Wildman–Crippen LogP) is -0.860. The van der Waals surface area contributed by atoms with Gasteiger partial charge in [-0.25, -0.2) is 4.79 Å². The van der Waals surface area contributed by atoms with Gasteiger partial charge in [0.25, 0.3) is 5.56 Å². The number of H-pyrrole nitrogens is 1. The number of aromatic amines is 1. The molecule has 0 aromatic carbocycles. The van der Waals surface area contributed by atoms with Gasteiger partial charge in [0.2, 0.25) is 0 Å². The van der Waals surface area contributed by atoms with Crippen molar-refractivity contribution in [2.24, 2.45) is 0 Å². The maximum Gasteiger partial charge on any atom is 0.330 e. The maximum atomic E-state index is 11.7. The number of hydrogen-bond acceptors (Lipinski definition) is 5. The summed E-state index contributed by atoms with van der Waals surface area (Å²) in [5, 5.41) is 9.77. The van der Waals surface area contributed by atoms with Crippen LogP contribution in [0.4, 0.5) is 0 Å². The van der Waals surface area contributed by atoms with Crippen LogP contribution in [0, 0.1) is 6.92 Å². The van der Waals surface area contributed by atoms with Crippen molar-refractivity contribution in [3.8, 4) is 0 Å². The van der Waals surface area contributed by atoms with Crippen LogP contribution in [0.1, 0.15) is 18.2 Å². The van der Waals surface area contributed by atoms with E-state index in [2.05, 4.69) is 4.98 Å². The van der Waals surface area contributed by atoms with Gasteiger partial charge >= 0.3 is 5.69 Å². The molecule has 2 N–H and O–H groups in total. The first kappa shape index (κ1) is 13.0. The molecule has 100 valence electrons. The van der Waals surface area contributed by atoms with Crippen molar-refractivity contribution in [2.75, 3.05) is 13.7 Å². The molecule has 0 saturated carbocycles. The minimum atomic E-state index is -0.686. The van der Waals surface area contributed by atoms with Crippen molar-refractivity contribution in [1.29, 1.82) is 0 Å². The molecular weight excluding hydrogens is 240 g/mol. The lowest BCUT2D eigenvalue weighted by atomic mass is 10.2. The second kappa shape index (κ2) is 5.05. The lowest BCUT2D eigenvalue weighted by Gasteiger charge is -2.15. The van der Waals surface area contributed by atoms with Crippen LogP contribution in [0.5, 0.6) is 0 Å². The Bertz CT molecular complexity index is 535. The van der Waals surface area contributed by atoms with Crippen LogP contribution in [0.2, 0.25) is 0 Å². The highest BCUT2D eigenvalue weighted by Gasteiger charge is 2.35. The molecule has 1 aliphatic rings. The van der Waals surface area contributed by atoms with Gasteiger partial charge in [-0.05, 0) is 6.92 Å². The van der Waals surface area contributed by atoms with E-state index >= 15 is 0 Å². The first-order valence-electron chi connectivity index (χ1n) is 5.67. The highest BCUT2D eigenvalue weighted by atomic mass is 16.6. The smallest absolute Gasteiger partial charge is 0.330 e. The summed E-state index contributed by atoms with van der Waals surface area (Å²) in [6.07, 6.45) is 0.00378. The number of aromatic nitrogens is 2. The van der Waals surface area contributed by atoms with E-state index in [4.69, 9.17) is 9.47 Å². The van der Waals surface area contributed by atoms with Crippen LogP contribution in [-0.2, 0) is 9.47 Å². The largest absolute Gasteiger partial charge is 0.390 e. The van der Waals surface area contributed by atoms with Crippen LogP contribution in [0.3, 0.4) is 0 Å². The minimum Gasteiger partial charge on any atom is -0.390 e. The lowest BCUT2D eigenvalue weighted by Crippen LogP contribution is -2.33. The highest BCUT2D eigenvalue weighted by Crippen LogP contribution is 2.27. The van der Waals surface area contributed by atoms with E-state index in [1.165, 1.54) is 17.9 Å². The number of aliphatic hydroxyl groups excluding tert-OH is 1. The van der Waals surface area contributed by atoms with Crippen LogP contribution in [-0.4, -0.2) is 40.6 Å². The average molecular weight is 256 g/mol. The first-order valence-corrected chi connectivity index (χ1v) is 5.67.